The summed E-state index contributed by atoms with van der Waals surface area (Å²) in [6.45, 7) is 0.677. The van der Waals surface area contributed by atoms with E-state index < -0.39 is 0 Å². The van der Waals surface area contributed by atoms with E-state index in [1.54, 1.807) is 36.0 Å². The van der Waals surface area contributed by atoms with Crippen molar-refractivity contribution in [3.63, 3.8) is 0 Å². The maximum atomic E-state index is 11.6. The van der Waals surface area contributed by atoms with Gasteiger partial charge in [0.05, 0.1) is 0 Å². The highest BCUT2D eigenvalue weighted by Gasteiger charge is 2.02. The lowest BCUT2D eigenvalue weighted by molar-refractivity contribution is -0.123. The average molecular weight is 336 g/mol. The van der Waals surface area contributed by atoms with Crippen molar-refractivity contribution in [1.82, 2.24) is 5.32 Å². The summed E-state index contributed by atoms with van der Waals surface area (Å²) in [7, 11) is 0. The van der Waals surface area contributed by atoms with Crippen LogP contribution in [-0.2, 0) is 4.79 Å². The zero-order valence-electron chi connectivity index (χ0n) is 12.1. The lowest BCUT2D eigenvalue weighted by atomic mass is 10.3. The van der Waals surface area contributed by atoms with Crippen LogP contribution in [-0.4, -0.2) is 24.8 Å². The van der Waals surface area contributed by atoms with Gasteiger partial charge in [-0.3, -0.25) is 4.79 Å². The van der Waals surface area contributed by atoms with Gasteiger partial charge in [0.1, 0.15) is 5.75 Å². The fourth-order valence-corrected chi connectivity index (χ4v) is 2.74. The number of rotatable bonds is 8. The van der Waals surface area contributed by atoms with Crippen LogP contribution in [0.5, 0.6) is 5.75 Å². The van der Waals surface area contributed by atoms with E-state index in [1.807, 2.05) is 18.2 Å². The molecule has 0 unspecified atom stereocenters. The van der Waals surface area contributed by atoms with Crippen LogP contribution in [0.1, 0.15) is 6.42 Å². The van der Waals surface area contributed by atoms with Crippen LogP contribution in [0, 0.1) is 0 Å². The molecule has 2 rings (SSSR count). The van der Waals surface area contributed by atoms with E-state index >= 15 is 0 Å². The summed E-state index contributed by atoms with van der Waals surface area (Å²) < 4.78 is 5.37. The highest BCUT2D eigenvalue weighted by Crippen LogP contribution is 2.17. The molecule has 1 N–H and O–H groups in total. The monoisotopic (exact) mass is 335 g/mol. The molecule has 0 aliphatic heterocycles. The van der Waals surface area contributed by atoms with Gasteiger partial charge in [0, 0.05) is 16.5 Å². The Morgan fingerprint density at radius 2 is 1.82 bits per heavy atom. The molecule has 0 fully saturated rings. The number of ether oxygens (including phenoxy) is 1. The molecule has 0 radical (unpaired) electrons. The number of hydrogen-bond donors (Lipinski definition) is 1. The molecule has 0 heterocycles. The summed E-state index contributed by atoms with van der Waals surface area (Å²) in [5.74, 6) is 1.50. The molecule has 2 aromatic rings. The fourth-order valence-electron chi connectivity index (χ4n) is 1.74. The maximum Gasteiger partial charge on any atom is 0.257 e. The van der Waals surface area contributed by atoms with Crippen LogP contribution in [0.15, 0.2) is 59.5 Å². The number of carbonyl (C=O) groups excluding carboxylic acids is 1. The topological polar surface area (TPSA) is 38.3 Å². The Balaban J connectivity index is 1.55. The van der Waals surface area contributed by atoms with Gasteiger partial charge < -0.3 is 10.1 Å². The van der Waals surface area contributed by atoms with E-state index in [-0.39, 0.29) is 12.5 Å². The number of nitrogens with one attached hydrogen (secondary N) is 1. The zero-order valence-corrected chi connectivity index (χ0v) is 13.7. The number of amides is 1. The van der Waals surface area contributed by atoms with Crippen molar-refractivity contribution < 1.29 is 9.53 Å². The van der Waals surface area contributed by atoms with E-state index in [4.69, 9.17) is 16.3 Å². The molecule has 0 aliphatic rings. The summed E-state index contributed by atoms with van der Waals surface area (Å²) in [6, 6.07) is 17.2. The van der Waals surface area contributed by atoms with E-state index in [1.165, 1.54) is 4.90 Å². The van der Waals surface area contributed by atoms with Gasteiger partial charge in [-0.15, -0.1) is 11.8 Å². The number of thioether (sulfide) groups is 1. The highest BCUT2D eigenvalue weighted by molar-refractivity contribution is 7.99. The second kappa shape index (κ2) is 9.38. The molecule has 0 aliphatic carbocycles. The Morgan fingerprint density at radius 3 is 2.55 bits per heavy atom. The zero-order chi connectivity index (χ0) is 15.6. The molecule has 0 saturated carbocycles. The summed E-state index contributed by atoms with van der Waals surface area (Å²) in [5, 5.41) is 3.49. The van der Waals surface area contributed by atoms with Gasteiger partial charge in [-0.05, 0) is 48.6 Å². The summed E-state index contributed by atoms with van der Waals surface area (Å²) >= 11 is 7.57. The van der Waals surface area contributed by atoms with Crippen molar-refractivity contribution >= 4 is 29.3 Å². The molecule has 2 aromatic carbocycles. The van der Waals surface area contributed by atoms with Gasteiger partial charge >= 0.3 is 0 Å². The van der Waals surface area contributed by atoms with Crippen LogP contribution in [0.3, 0.4) is 0 Å². The van der Waals surface area contributed by atoms with Gasteiger partial charge in [-0.1, -0.05) is 29.8 Å². The van der Waals surface area contributed by atoms with Crippen molar-refractivity contribution in [2.24, 2.45) is 0 Å². The predicted molar refractivity (Wildman–Crippen MR) is 91.7 cm³/mol. The van der Waals surface area contributed by atoms with Crippen LogP contribution in [0.25, 0.3) is 0 Å². The van der Waals surface area contributed by atoms with E-state index in [9.17, 15) is 4.79 Å². The predicted octanol–water partition coefficient (Wildman–Crippen LogP) is 4.02. The molecule has 3 nitrogen and oxygen atoms in total. The maximum absolute atomic E-state index is 11.6. The SMILES string of the molecule is O=C(COc1ccc(Cl)cc1)NCCCSc1ccccc1. The Kier molecular flexibility index (Phi) is 7.13. The quantitative estimate of drug-likeness (QED) is 0.585. The molecule has 5 heteroatoms. The molecule has 0 aromatic heterocycles. The van der Waals surface area contributed by atoms with Crippen LogP contribution >= 0.6 is 23.4 Å². The third-order valence-corrected chi connectivity index (χ3v) is 4.19. The van der Waals surface area contributed by atoms with Gasteiger partial charge in [-0.2, -0.15) is 0 Å². The van der Waals surface area contributed by atoms with Crippen molar-refractivity contribution in [2.75, 3.05) is 18.9 Å². The molecular formula is C17H18ClNO2S. The van der Waals surface area contributed by atoms with Gasteiger partial charge in [0.2, 0.25) is 0 Å². The molecule has 22 heavy (non-hydrogen) atoms. The van der Waals surface area contributed by atoms with E-state index in [0.29, 0.717) is 17.3 Å². The van der Waals surface area contributed by atoms with Crippen molar-refractivity contribution in [1.29, 1.82) is 0 Å². The lowest BCUT2D eigenvalue weighted by Crippen LogP contribution is -2.29. The summed E-state index contributed by atoms with van der Waals surface area (Å²) in [6.07, 6.45) is 0.923. The molecule has 0 saturated heterocycles. The number of benzene rings is 2. The molecule has 0 atom stereocenters. The van der Waals surface area contributed by atoms with Crippen molar-refractivity contribution in [3.05, 3.63) is 59.6 Å². The lowest BCUT2D eigenvalue weighted by Gasteiger charge is -2.07. The highest BCUT2D eigenvalue weighted by atomic mass is 35.5. The van der Waals surface area contributed by atoms with Gasteiger partial charge in [-0.25, -0.2) is 0 Å². The fraction of sp³-hybridized carbons (Fsp3) is 0.235. The second-order valence-corrected chi connectivity index (χ2v) is 6.21. The Bertz CT molecular complexity index is 575. The third kappa shape index (κ3) is 6.41. The molecule has 1 amide bonds. The number of carbonyl (C=O) groups is 1. The van der Waals surface area contributed by atoms with Crippen molar-refractivity contribution in [3.8, 4) is 5.75 Å². The molecule has 0 spiro atoms. The first-order valence-electron chi connectivity index (χ1n) is 7.07. The first-order valence-corrected chi connectivity index (χ1v) is 8.43. The molecular weight excluding hydrogens is 318 g/mol. The standard InChI is InChI=1S/C17H18ClNO2S/c18-14-7-9-15(10-8-14)21-13-17(20)19-11-4-12-22-16-5-2-1-3-6-16/h1-3,5-10H,4,11-13H2,(H,19,20). The van der Waals surface area contributed by atoms with E-state index in [2.05, 4.69) is 17.4 Å². The largest absolute Gasteiger partial charge is 0.484 e. The Hall–Kier alpha value is -1.65. The summed E-state index contributed by atoms with van der Waals surface area (Å²) in [5.41, 5.74) is 0. The minimum atomic E-state index is -0.111. The number of halogens is 1. The first-order chi connectivity index (χ1) is 10.7. The van der Waals surface area contributed by atoms with E-state index in [0.717, 1.165) is 12.2 Å². The first kappa shape index (κ1) is 16.7. The third-order valence-electron chi connectivity index (χ3n) is 2.84. The normalized spacial score (nSPS) is 10.2. The average Bonchev–Trinajstić information content (AvgIpc) is 2.55. The van der Waals surface area contributed by atoms with Gasteiger partial charge in [0.25, 0.3) is 5.91 Å². The minimum absolute atomic E-state index is 0.0213. The molecule has 116 valence electrons. The van der Waals surface area contributed by atoms with Crippen LogP contribution in [0.4, 0.5) is 0 Å². The van der Waals surface area contributed by atoms with Crippen LogP contribution < -0.4 is 10.1 Å². The Labute approximate surface area is 140 Å². The van der Waals surface area contributed by atoms with Crippen LogP contribution in [0.2, 0.25) is 5.02 Å². The second-order valence-electron chi connectivity index (χ2n) is 4.61. The smallest absolute Gasteiger partial charge is 0.257 e. The van der Waals surface area contributed by atoms with Gasteiger partial charge in [0.15, 0.2) is 6.61 Å². The minimum Gasteiger partial charge on any atom is -0.484 e. The van der Waals surface area contributed by atoms with Crippen molar-refractivity contribution in [2.45, 2.75) is 11.3 Å². The summed E-state index contributed by atoms with van der Waals surface area (Å²) in [4.78, 5) is 12.9. The Morgan fingerprint density at radius 1 is 1.09 bits per heavy atom. The molecule has 0 bridgehead atoms. The number of hydrogen-bond acceptors (Lipinski definition) is 3.